The molecule has 3 rings (SSSR count). The summed E-state index contributed by atoms with van der Waals surface area (Å²) in [6.07, 6.45) is 0. The second kappa shape index (κ2) is 8.55. The molecule has 0 spiro atoms. The molecule has 2 amide bonds. The second-order valence-corrected chi connectivity index (χ2v) is 6.35. The van der Waals surface area contributed by atoms with E-state index in [0.29, 0.717) is 11.3 Å². The Labute approximate surface area is 167 Å². The molecule has 0 aliphatic carbocycles. The monoisotopic (exact) mass is 398 g/mol. The predicted molar refractivity (Wildman–Crippen MR) is 106 cm³/mol. The summed E-state index contributed by atoms with van der Waals surface area (Å²) in [5, 5.41) is 3.85. The van der Waals surface area contributed by atoms with Crippen molar-refractivity contribution in [2.45, 2.75) is 13.0 Å². The number of nitrogens with one attached hydrogen (secondary N) is 1. The summed E-state index contributed by atoms with van der Waals surface area (Å²) in [5.41, 5.74) is 6.17. The van der Waals surface area contributed by atoms with Crippen molar-refractivity contribution < 1.29 is 28.2 Å². The first-order valence-electron chi connectivity index (χ1n) is 8.89. The molecule has 8 nitrogen and oxygen atoms in total. The van der Waals surface area contributed by atoms with E-state index in [9.17, 15) is 9.59 Å². The van der Waals surface area contributed by atoms with Gasteiger partial charge in [-0.1, -0.05) is 18.2 Å². The van der Waals surface area contributed by atoms with Crippen LogP contribution in [-0.4, -0.2) is 32.6 Å². The molecule has 1 atom stereocenters. The van der Waals surface area contributed by atoms with Gasteiger partial charge in [-0.3, -0.25) is 9.59 Å². The van der Waals surface area contributed by atoms with E-state index in [0.717, 1.165) is 11.0 Å². The number of primary amides is 1. The van der Waals surface area contributed by atoms with Crippen LogP contribution in [0.4, 0.5) is 0 Å². The number of nitrogens with two attached hydrogens (primary N) is 1. The number of hydrogen-bond donors (Lipinski definition) is 2. The maximum Gasteiger partial charge on any atom is 0.255 e. The lowest BCUT2D eigenvalue weighted by Gasteiger charge is -2.16. The highest BCUT2D eigenvalue weighted by Crippen LogP contribution is 2.38. The van der Waals surface area contributed by atoms with Crippen LogP contribution in [0.3, 0.4) is 0 Å². The fourth-order valence-electron chi connectivity index (χ4n) is 2.86. The van der Waals surface area contributed by atoms with Crippen LogP contribution < -0.4 is 25.3 Å². The molecular weight excluding hydrogens is 376 g/mol. The first-order chi connectivity index (χ1) is 13.9. The van der Waals surface area contributed by atoms with Crippen LogP contribution in [0.1, 0.15) is 29.1 Å². The van der Waals surface area contributed by atoms with E-state index in [1.165, 1.54) is 26.4 Å². The van der Waals surface area contributed by atoms with Gasteiger partial charge in [-0.05, 0) is 31.2 Å². The Morgan fingerprint density at radius 3 is 2.34 bits per heavy atom. The fourth-order valence-corrected chi connectivity index (χ4v) is 2.86. The number of benzene rings is 2. The van der Waals surface area contributed by atoms with Crippen molar-refractivity contribution in [3.8, 4) is 17.2 Å². The fraction of sp³-hybridized carbons (Fsp3) is 0.238. The minimum atomic E-state index is -0.643. The molecule has 29 heavy (non-hydrogen) atoms. The van der Waals surface area contributed by atoms with Gasteiger partial charge in [-0.15, -0.1) is 0 Å². The summed E-state index contributed by atoms with van der Waals surface area (Å²) in [6.45, 7) is 1.48. The Kier molecular flexibility index (Phi) is 5.92. The average Bonchev–Trinajstić information content (AvgIpc) is 3.15. The Bertz CT molecular complexity index is 985. The van der Waals surface area contributed by atoms with Crippen LogP contribution in [-0.2, 0) is 4.79 Å². The topological polar surface area (TPSA) is 113 Å². The number of methoxy groups -OCH3 is 2. The van der Waals surface area contributed by atoms with Crippen LogP contribution in [0.5, 0.6) is 17.2 Å². The third-order valence-corrected chi connectivity index (χ3v) is 4.30. The van der Waals surface area contributed by atoms with Gasteiger partial charge in [0.05, 0.1) is 20.3 Å². The second-order valence-electron chi connectivity index (χ2n) is 6.35. The van der Waals surface area contributed by atoms with E-state index in [2.05, 4.69) is 5.32 Å². The summed E-state index contributed by atoms with van der Waals surface area (Å²) in [4.78, 5) is 23.8. The van der Waals surface area contributed by atoms with Crippen LogP contribution in [0.15, 0.2) is 46.9 Å². The highest BCUT2D eigenvalue weighted by Gasteiger charge is 2.20. The largest absolute Gasteiger partial charge is 0.493 e. The van der Waals surface area contributed by atoms with Gasteiger partial charge in [0, 0.05) is 10.9 Å². The molecule has 0 radical (unpaired) electrons. The minimum Gasteiger partial charge on any atom is -0.493 e. The van der Waals surface area contributed by atoms with Crippen molar-refractivity contribution >= 4 is 22.8 Å². The predicted octanol–water partition coefficient (Wildman–Crippen LogP) is 2.81. The Morgan fingerprint density at radius 2 is 1.76 bits per heavy atom. The smallest absolute Gasteiger partial charge is 0.255 e. The molecule has 0 aliphatic rings. The number of fused-ring (bicyclic) bond motifs is 1. The molecule has 2 aromatic carbocycles. The van der Waals surface area contributed by atoms with E-state index in [1.807, 2.05) is 37.3 Å². The summed E-state index contributed by atoms with van der Waals surface area (Å²) < 4.78 is 21.7. The van der Waals surface area contributed by atoms with Crippen molar-refractivity contribution in [1.82, 2.24) is 5.32 Å². The maximum atomic E-state index is 12.8. The molecule has 0 bridgehead atoms. The standard InChI is InChI=1S/C21H22N2O6/c1-12(16-8-13-6-4-5-7-15(13)29-16)23-21(25)14-9-17(26-2)20(18(10-14)27-3)28-11-19(22)24/h4-10,12H,11H2,1-3H3,(H2,22,24)(H,23,25)/t12-/m1/s1. The van der Waals surface area contributed by atoms with Crippen molar-refractivity contribution in [2.24, 2.45) is 5.73 Å². The molecule has 8 heteroatoms. The zero-order valence-electron chi connectivity index (χ0n) is 16.4. The SMILES string of the molecule is COc1cc(C(=O)N[C@H](C)c2cc3ccccc3o2)cc(OC)c1OCC(N)=O. The molecule has 0 saturated heterocycles. The lowest BCUT2D eigenvalue weighted by Crippen LogP contribution is -2.26. The van der Waals surface area contributed by atoms with Crippen molar-refractivity contribution in [1.29, 1.82) is 0 Å². The van der Waals surface area contributed by atoms with E-state index < -0.39 is 5.91 Å². The number of para-hydroxylation sites is 1. The lowest BCUT2D eigenvalue weighted by molar-refractivity contribution is -0.120. The summed E-state index contributed by atoms with van der Waals surface area (Å²) in [7, 11) is 2.84. The third-order valence-electron chi connectivity index (χ3n) is 4.30. The van der Waals surface area contributed by atoms with E-state index >= 15 is 0 Å². The van der Waals surface area contributed by atoms with E-state index in [-0.39, 0.29) is 35.8 Å². The van der Waals surface area contributed by atoms with Crippen molar-refractivity contribution in [3.63, 3.8) is 0 Å². The number of ether oxygens (including phenoxy) is 3. The summed E-state index contributed by atoms with van der Waals surface area (Å²) in [5.74, 6) is 0.321. The van der Waals surface area contributed by atoms with Crippen LogP contribution in [0.2, 0.25) is 0 Å². The molecule has 3 aromatic rings. The van der Waals surface area contributed by atoms with Crippen LogP contribution in [0, 0.1) is 0 Å². The molecule has 0 fully saturated rings. The van der Waals surface area contributed by atoms with Crippen LogP contribution in [0.25, 0.3) is 11.0 Å². The number of furan rings is 1. The van der Waals surface area contributed by atoms with Gasteiger partial charge in [0.2, 0.25) is 5.75 Å². The number of carbonyl (C=O) groups is 2. The zero-order valence-corrected chi connectivity index (χ0v) is 16.4. The molecule has 0 aliphatic heterocycles. The normalized spacial score (nSPS) is 11.7. The molecule has 0 unspecified atom stereocenters. The Hall–Kier alpha value is -3.68. The zero-order chi connectivity index (χ0) is 21.0. The van der Waals surface area contributed by atoms with Crippen molar-refractivity contribution in [3.05, 3.63) is 53.8 Å². The quantitative estimate of drug-likeness (QED) is 0.603. The highest BCUT2D eigenvalue weighted by molar-refractivity contribution is 5.96. The molecular formula is C21H22N2O6. The summed E-state index contributed by atoms with van der Waals surface area (Å²) >= 11 is 0. The number of rotatable bonds is 8. The van der Waals surface area contributed by atoms with Gasteiger partial charge in [0.15, 0.2) is 18.1 Å². The van der Waals surface area contributed by atoms with E-state index in [4.69, 9.17) is 24.4 Å². The van der Waals surface area contributed by atoms with Gasteiger partial charge < -0.3 is 29.7 Å². The van der Waals surface area contributed by atoms with Gasteiger partial charge >= 0.3 is 0 Å². The average molecular weight is 398 g/mol. The van der Waals surface area contributed by atoms with Gasteiger partial charge in [-0.25, -0.2) is 0 Å². The maximum absolute atomic E-state index is 12.8. The number of amides is 2. The molecule has 1 heterocycles. The minimum absolute atomic E-state index is 0.190. The summed E-state index contributed by atoms with van der Waals surface area (Å²) in [6, 6.07) is 12.1. The Balaban J connectivity index is 1.83. The van der Waals surface area contributed by atoms with Gasteiger partial charge in [0.1, 0.15) is 11.3 Å². The third kappa shape index (κ3) is 4.43. The van der Waals surface area contributed by atoms with Crippen molar-refractivity contribution in [2.75, 3.05) is 20.8 Å². The molecule has 0 saturated carbocycles. The Morgan fingerprint density at radius 1 is 1.10 bits per heavy atom. The molecule has 1 aromatic heterocycles. The molecule has 152 valence electrons. The number of hydrogen-bond acceptors (Lipinski definition) is 6. The lowest BCUT2D eigenvalue weighted by atomic mass is 10.1. The molecule has 3 N–H and O–H groups in total. The first-order valence-corrected chi connectivity index (χ1v) is 8.89. The van der Waals surface area contributed by atoms with Gasteiger partial charge in [-0.2, -0.15) is 0 Å². The van der Waals surface area contributed by atoms with E-state index in [1.54, 1.807) is 0 Å². The van der Waals surface area contributed by atoms with Gasteiger partial charge in [0.25, 0.3) is 11.8 Å². The number of carbonyl (C=O) groups excluding carboxylic acids is 2. The first kappa shape index (κ1) is 20.1. The van der Waals surface area contributed by atoms with Crippen LogP contribution >= 0.6 is 0 Å². The highest BCUT2D eigenvalue weighted by atomic mass is 16.5.